The minimum absolute atomic E-state index is 0.130. The highest BCUT2D eigenvalue weighted by Crippen LogP contribution is 2.54. The Labute approximate surface area is 176 Å². The topological polar surface area (TPSA) is 94.7 Å². The van der Waals surface area contributed by atoms with Gasteiger partial charge in [-0.3, -0.25) is 14.4 Å². The summed E-state index contributed by atoms with van der Waals surface area (Å²) < 4.78 is 15.8. The molecule has 156 valence electrons. The zero-order chi connectivity index (χ0) is 21.0. The van der Waals surface area contributed by atoms with E-state index in [0.29, 0.717) is 11.5 Å². The third-order valence-corrected chi connectivity index (χ3v) is 7.17. The lowest BCUT2D eigenvalue weighted by atomic mass is 9.70. The van der Waals surface area contributed by atoms with E-state index in [1.54, 1.807) is 33.1 Å². The van der Waals surface area contributed by atoms with Crippen LogP contribution < -0.4 is 9.61 Å². The van der Waals surface area contributed by atoms with Gasteiger partial charge in [0.1, 0.15) is 5.75 Å². The van der Waals surface area contributed by atoms with Gasteiger partial charge in [0.05, 0.1) is 37.2 Å². The van der Waals surface area contributed by atoms with Crippen LogP contribution in [-0.4, -0.2) is 43.0 Å². The standard InChI is InChI=1S/C20H23NO6S2/c1-4-26-14(22)10-20(18(23)27-5-2)11-28-17-16(29-19(24)21-17)15(20)12-6-8-13(25-3)9-7-12/h6-9,15H,4-5,10-11H2,1-3H3,(H,21,24)/t15-,20+/m0/s1. The molecule has 3 rings (SSSR count). The summed E-state index contributed by atoms with van der Waals surface area (Å²) in [6.07, 6.45) is -0.130. The number of carbonyl (C=O) groups is 2. The molecule has 1 aliphatic heterocycles. The first-order valence-corrected chi connectivity index (χ1v) is 11.1. The second kappa shape index (κ2) is 9.04. The fourth-order valence-corrected chi connectivity index (χ4v) is 6.13. The van der Waals surface area contributed by atoms with Crippen LogP contribution in [0.1, 0.15) is 36.6 Å². The Balaban J connectivity index is 2.17. The Morgan fingerprint density at radius 1 is 1.17 bits per heavy atom. The number of aromatic nitrogens is 1. The average molecular weight is 438 g/mol. The summed E-state index contributed by atoms with van der Waals surface area (Å²) in [7, 11) is 1.58. The maximum atomic E-state index is 13.2. The van der Waals surface area contributed by atoms with Gasteiger partial charge in [0.25, 0.3) is 0 Å². The van der Waals surface area contributed by atoms with E-state index in [9.17, 15) is 14.4 Å². The van der Waals surface area contributed by atoms with Crippen molar-refractivity contribution in [2.24, 2.45) is 5.41 Å². The number of rotatable bonds is 7. The van der Waals surface area contributed by atoms with Gasteiger partial charge < -0.3 is 19.2 Å². The van der Waals surface area contributed by atoms with Gasteiger partial charge in [-0.25, -0.2) is 0 Å². The Morgan fingerprint density at radius 2 is 1.86 bits per heavy atom. The lowest BCUT2D eigenvalue weighted by Gasteiger charge is -2.40. The number of benzene rings is 1. The number of thioether (sulfide) groups is 1. The van der Waals surface area contributed by atoms with E-state index in [4.69, 9.17) is 14.2 Å². The largest absolute Gasteiger partial charge is 0.497 e. The molecule has 0 amide bonds. The minimum Gasteiger partial charge on any atom is -0.497 e. The van der Waals surface area contributed by atoms with E-state index >= 15 is 0 Å². The van der Waals surface area contributed by atoms with Crippen molar-refractivity contribution in [2.45, 2.75) is 31.2 Å². The van der Waals surface area contributed by atoms with Crippen LogP contribution >= 0.6 is 23.1 Å². The maximum Gasteiger partial charge on any atom is 0.314 e. The number of hydrogen-bond donors (Lipinski definition) is 1. The second-order valence-corrected chi connectivity index (χ2v) is 8.56. The number of fused-ring (bicyclic) bond motifs is 1. The predicted molar refractivity (Wildman–Crippen MR) is 111 cm³/mol. The van der Waals surface area contributed by atoms with Crippen molar-refractivity contribution in [3.05, 3.63) is 44.4 Å². The molecule has 0 aliphatic carbocycles. The van der Waals surface area contributed by atoms with Gasteiger partial charge in [0, 0.05) is 16.5 Å². The zero-order valence-electron chi connectivity index (χ0n) is 16.5. The van der Waals surface area contributed by atoms with E-state index in [0.717, 1.165) is 26.8 Å². The van der Waals surface area contributed by atoms with Gasteiger partial charge in [0.2, 0.25) is 0 Å². The number of carbonyl (C=O) groups excluding carboxylic acids is 2. The van der Waals surface area contributed by atoms with Gasteiger partial charge in [-0.15, -0.1) is 11.8 Å². The normalized spacial score (nSPS) is 20.6. The van der Waals surface area contributed by atoms with E-state index in [1.807, 2.05) is 12.1 Å². The van der Waals surface area contributed by atoms with Gasteiger partial charge >= 0.3 is 16.8 Å². The predicted octanol–water partition coefficient (Wildman–Crippen LogP) is 3.19. The highest BCUT2D eigenvalue weighted by molar-refractivity contribution is 7.99. The third kappa shape index (κ3) is 4.20. The van der Waals surface area contributed by atoms with Crippen LogP contribution in [0.5, 0.6) is 5.75 Å². The Morgan fingerprint density at radius 3 is 2.48 bits per heavy atom. The van der Waals surface area contributed by atoms with E-state index in [1.165, 1.54) is 11.8 Å². The molecule has 1 aromatic carbocycles. The van der Waals surface area contributed by atoms with Crippen molar-refractivity contribution < 1.29 is 23.8 Å². The molecular weight excluding hydrogens is 414 g/mol. The molecule has 1 aromatic heterocycles. The molecule has 2 aromatic rings. The number of hydrogen-bond acceptors (Lipinski definition) is 8. The third-order valence-electron chi connectivity index (χ3n) is 4.83. The summed E-state index contributed by atoms with van der Waals surface area (Å²) in [6, 6.07) is 7.30. The lowest BCUT2D eigenvalue weighted by molar-refractivity contribution is -0.162. The molecule has 0 saturated heterocycles. The molecule has 0 saturated carbocycles. The molecule has 2 heterocycles. The molecule has 0 bridgehead atoms. The van der Waals surface area contributed by atoms with Crippen LogP contribution in [0.2, 0.25) is 0 Å². The van der Waals surface area contributed by atoms with Crippen LogP contribution in [0.15, 0.2) is 34.1 Å². The second-order valence-electron chi connectivity index (χ2n) is 6.56. The summed E-state index contributed by atoms with van der Waals surface area (Å²) in [5.41, 5.74) is -0.375. The van der Waals surface area contributed by atoms with Crippen molar-refractivity contribution in [1.29, 1.82) is 0 Å². The monoisotopic (exact) mass is 437 g/mol. The Bertz CT molecular complexity index is 935. The number of thiazole rings is 1. The SMILES string of the molecule is CCOC(=O)C[C@@]1(C(=O)OCC)CSc2[nH]c(=O)sc2[C@@H]1c1ccc(OC)cc1. The molecule has 0 unspecified atom stereocenters. The number of nitrogens with one attached hydrogen (secondary N) is 1. The van der Waals surface area contributed by atoms with Crippen molar-refractivity contribution in [3.8, 4) is 5.75 Å². The summed E-state index contributed by atoms with van der Waals surface area (Å²) >= 11 is 2.42. The smallest absolute Gasteiger partial charge is 0.314 e. The molecule has 0 spiro atoms. The molecule has 1 aliphatic rings. The number of aromatic amines is 1. The maximum absolute atomic E-state index is 13.2. The van der Waals surface area contributed by atoms with Gasteiger partial charge in [0.15, 0.2) is 0 Å². The van der Waals surface area contributed by atoms with Crippen molar-refractivity contribution in [1.82, 2.24) is 4.98 Å². The minimum atomic E-state index is -1.18. The summed E-state index contributed by atoms with van der Waals surface area (Å²) in [5, 5.41) is 0.726. The molecule has 0 fully saturated rings. The summed E-state index contributed by atoms with van der Waals surface area (Å²) in [4.78, 5) is 41.2. The quantitative estimate of drug-likeness (QED) is 0.665. The zero-order valence-corrected chi connectivity index (χ0v) is 18.1. The van der Waals surface area contributed by atoms with Crippen LogP contribution in [0.4, 0.5) is 0 Å². The molecule has 29 heavy (non-hydrogen) atoms. The average Bonchev–Trinajstić information content (AvgIpc) is 3.08. The van der Waals surface area contributed by atoms with Crippen LogP contribution in [-0.2, 0) is 19.1 Å². The number of ether oxygens (including phenoxy) is 3. The first-order chi connectivity index (χ1) is 13.9. The van der Waals surface area contributed by atoms with E-state index in [-0.39, 0.29) is 24.5 Å². The highest BCUT2D eigenvalue weighted by Gasteiger charge is 2.54. The number of esters is 2. The Hall–Kier alpha value is -2.26. The first-order valence-electron chi connectivity index (χ1n) is 9.27. The molecule has 2 atom stereocenters. The molecule has 9 heteroatoms. The fourth-order valence-electron chi connectivity index (χ4n) is 3.57. The van der Waals surface area contributed by atoms with Crippen LogP contribution in [0.3, 0.4) is 0 Å². The van der Waals surface area contributed by atoms with E-state index in [2.05, 4.69) is 4.98 Å². The van der Waals surface area contributed by atoms with Gasteiger partial charge in [-0.05, 0) is 31.5 Å². The van der Waals surface area contributed by atoms with Crippen molar-refractivity contribution in [2.75, 3.05) is 26.1 Å². The Kier molecular flexibility index (Phi) is 6.69. The van der Waals surface area contributed by atoms with Gasteiger partial charge in [-0.2, -0.15) is 0 Å². The molecule has 7 nitrogen and oxygen atoms in total. The van der Waals surface area contributed by atoms with Crippen LogP contribution in [0.25, 0.3) is 0 Å². The summed E-state index contributed by atoms with van der Waals surface area (Å²) in [6.45, 7) is 3.87. The highest BCUT2D eigenvalue weighted by atomic mass is 32.2. The molecular formula is C20H23NO6S2. The number of H-pyrrole nitrogens is 1. The molecule has 1 N–H and O–H groups in total. The van der Waals surface area contributed by atoms with E-state index < -0.39 is 23.3 Å². The fraction of sp³-hybridized carbons (Fsp3) is 0.450. The first kappa shape index (κ1) is 21.4. The van der Waals surface area contributed by atoms with Crippen molar-refractivity contribution >= 4 is 35.0 Å². The van der Waals surface area contributed by atoms with Crippen LogP contribution in [0, 0.1) is 5.41 Å². The molecule has 0 radical (unpaired) electrons. The van der Waals surface area contributed by atoms with Gasteiger partial charge in [-0.1, -0.05) is 23.5 Å². The summed E-state index contributed by atoms with van der Waals surface area (Å²) in [5.74, 6) is -0.481. The number of methoxy groups -OCH3 is 1. The van der Waals surface area contributed by atoms with Crippen molar-refractivity contribution in [3.63, 3.8) is 0 Å². The lowest BCUT2D eigenvalue weighted by Crippen LogP contribution is -2.45.